The van der Waals surface area contributed by atoms with Gasteiger partial charge in [0.1, 0.15) is 29.7 Å². The third kappa shape index (κ3) is 7.23. The van der Waals surface area contributed by atoms with Crippen LogP contribution in [0.1, 0.15) is 31.7 Å². The van der Waals surface area contributed by atoms with Gasteiger partial charge in [-0.1, -0.05) is 55.8 Å². The molecule has 0 spiro atoms. The van der Waals surface area contributed by atoms with Gasteiger partial charge in [0.15, 0.2) is 11.6 Å². The van der Waals surface area contributed by atoms with Gasteiger partial charge in [0.25, 0.3) is 0 Å². The molecule has 4 rings (SSSR count). The van der Waals surface area contributed by atoms with Crippen molar-refractivity contribution < 1.29 is 27.4 Å². The quantitative estimate of drug-likeness (QED) is 0.127. The summed E-state index contributed by atoms with van der Waals surface area (Å²) < 4.78 is 61.3. The average molecular weight is 533 g/mol. The molecule has 0 aliphatic heterocycles. The van der Waals surface area contributed by atoms with E-state index in [1.165, 1.54) is 6.07 Å². The van der Waals surface area contributed by atoms with Crippen molar-refractivity contribution in [1.29, 1.82) is 0 Å². The number of unbranched alkanes of at least 4 members (excludes halogenated alkanes) is 1. The van der Waals surface area contributed by atoms with E-state index in [9.17, 15) is 4.39 Å². The van der Waals surface area contributed by atoms with E-state index >= 15 is 8.78 Å². The predicted octanol–water partition coefficient (Wildman–Crippen LogP) is 9.15. The fraction of sp³-hybridized carbons (Fsp3) is 0.212. The van der Waals surface area contributed by atoms with E-state index in [-0.39, 0.29) is 17.7 Å². The minimum absolute atomic E-state index is 0.0121. The highest BCUT2D eigenvalue weighted by Gasteiger charge is 2.16. The standard InChI is InChI=1S/C33H31F3O3/c1-3-5-19-37-26-12-7-23(8-13-26)29-17-18-30(33(36)32(29)35)24-9-14-27(15-10-24)39-22-25-11-16-28(21-31(25)34)38-20-6-4-2/h4,7-18,21H,2-3,5-6,19-20,22H2,1H3. The average Bonchev–Trinajstić information content (AvgIpc) is 2.95. The Labute approximate surface area is 227 Å². The van der Waals surface area contributed by atoms with E-state index in [1.54, 1.807) is 78.9 Å². The highest BCUT2D eigenvalue weighted by Crippen LogP contribution is 2.33. The molecule has 0 fully saturated rings. The largest absolute Gasteiger partial charge is 0.494 e. The topological polar surface area (TPSA) is 27.7 Å². The summed E-state index contributed by atoms with van der Waals surface area (Å²) in [6, 6.07) is 21.3. The molecular formula is C33H31F3O3. The Morgan fingerprint density at radius 2 is 1.21 bits per heavy atom. The lowest BCUT2D eigenvalue weighted by atomic mass is 9.98. The van der Waals surface area contributed by atoms with Gasteiger partial charge in [-0.2, -0.15) is 0 Å². The molecule has 0 aromatic heterocycles. The molecule has 0 aliphatic rings. The van der Waals surface area contributed by atoms with Gasteiger partial charge in [-0.3, -0.25) is 0 Å². The number of benzene rings is 4. The maximum Gasteiger partial charge on any atom is 0.167 e. The lowest BCUT2D eigenvalue weighted by Crippen LogP contribution is -2.01. The van der Waals surface area contributed by atoms with E-state index in [0.717, 1.165) is 12.8 Å². The molecule has 39 heavy (non-hydrogen) atoms. The van der Waals surface area contributed by atoms with Gasteiger partial charge in [0.2, 0.25) is 0 Å². The van der Waals surface area contributed by atoms with Crippen LogP contribution in [0.4, 0.5) is 13.2 Å². The fourth-order valence-corrected chi connectivity index (χ4v) is 3.95. The highest BCUT2D eigenvalue weighted by molar-refractivity contribution is 5.72. The van der Waals surface area contributed by atoms with Crippen LogP contribution in [0, 0.1) is 17.5 Å². The molecular weight excluding hydrogens is 501 g/mol. The monoisotopic (exact) mass is 532 g/mol. The third-order valence-electron chi connectivity index (χ3n) is 6.19. The van der Waals surface area contributed by atoms with Crippen LogP contribution in [0.3, 0.4) is 0 Å². The molecule has 0 unspecified atom stereocenters. The second kappa shape index (κ2) is 13.6. The first-order valence-electron chi connectivity index (χ1n) is 13.0. The molecule has 0 saturated heterocycles. The van der Waals surface area contributed by atoms with Gasteiger partial charge < -0.3 is 14.2 Å². The zero-order valence-electron chi connectivity index (χ0n) is 21.9. The molecule has 4 aromatic carbocycles. The van der Waals surface area contributed by atoms with E-state index < -0.39 is 17.5 Å². The predicted molar refractivity (Wildman–Crippen MR) is 149 cm³/mol. The van der Waals surface area contributed by atoms with Crippen molar-refractivity contribution in [2.24, 2.45) is 0 Å². The lowest BCUT2D eigenvalue weighted by molar-refractivity contribution is 0.297. The van der Waals surface area contributed by atoms with Gasteiger partial charge in [-0.05, 0) is 60.4 Å². The van der Waals surface area contributed by atoms with Crippen molar-refractivity contribution in [2.75, 3.05) is 13.2 Å². The van der Waals surface area contributed by atoms with E-state index in [0.29, 0.717) is 53.6 Å². The lowest BCUT2D eigenvalue weighted by Gasteiger charge is -2.12. The SMILES string of the molecule is C=CCCOc1ccc(COc2ccc(-c3ccc(-c4ccc(OCCCC)cc4)c(F)c3F)cc2)c(F)c1. The smallest absolute Gasteiger partial charge is 0.167 e. The molecule has 0 N–H and O–H groups in total. The summed E-state index contributed by atoms with van der Waals surface area (Å²) in [5.74, 6) is -0.666. The zero-order valence-corrected chi connectivity index (χ0v) is 21.9. The number of halogens is 3. The molecule has 0 bridgehead atoms. The van der Waals surface area contributed by atoms with Gasteiger partial charge in [0.05, 0.1) is 13.2 Å². The summed E-state index contributed by atoms with van der Waals surface area (Å²) in [5, 5.41) is 0. The normalized spacial score (nSPS) is 10.8. The Balaban J connectivity index is 1.41. The Morgan fingerprint density at radius 1 is 0.667 bits per heavy atom. The molecule has 202 valence electrons. The Bertz CT molecular complexity index is 1380. The van der Waals surface area contributed by atoms with Crippen LogP contribution < -0.4 is 14.2 Å². The zero-order chi connectivity index (χ0) is 27.6. The molecule has 0 atom stereocenters. The molecule has 0 heterocycles. The number of hydrogen-bond donors (Lipinski definition) is 0. The van der Waals surface area contributed by atoms with Crippen molar-refractivity contribution >= 4 is 0 Å². The van der Waals surface area contributed by atoms with E-state index in [2.05, 4.69) is 13.5 Å². The minimum Gasteiger partial charge on any atom is -0.494 e. The van der Waals surface area contributed by atoms with Crippen molar-refractivity contribution in [1.82, 2.24) is 0 Å². The molecule has 4 aromatic rings. The molecule has 6 heteroatoms. The maximum absolute atomic E-state index is 15.1. The van der Waals surface area contributed by atoms with Gasteiger partial charge in [0, 0.05) is 22.8 Å². The minimum atomic E-state index is -0.929. The van der Waals surface area contributed by atoms with Crippen molar-refractivity contribution in [3.8, 4) is 39.5 Å². The Morgan fingerprint density at radius 3 is 1.74 bits per heavy atom. The molecule has 3 nitrogen and oxygen atoms in total. The van der Waals surface area contributed by atoms with Gasteiger partial charge >= 0.3 is 0 Å². The summed E-state index contributed by atoms with van der Waals surface area (Å²) >= 11 is 0. The fourth-order valence-electron chi connectivity index (χ4n) is 3.95. The summed E-state index contributed by atoms with van der Waals surface area (Å²) in [6.45, 7) is 6.77. The first-order valence-corrected chi connectivity index (χ1v) is 13.0. The number of rotatable bonds is 13. The molecule has 0 saturated carbocycles. The van der Waals surface area contributed by atoms with Crippen LogP contribution in [0.2, 0.25) is 0 Å². The summed E-state index contributed by atoms with van der Waals surface area (Å²) in [5.41, 5.74) is 1.75. The Hall–Kier alpha value is -4.19. The summed E-state index contributed by atoms with van der Waals surface area (Å²) in [4.78, 5) is 0. The second-order valence-electron chi connectivity index (χ2n) is 9.01. The van der Waals surface area contributed by atoms with Crippen LogP contribution >= 0.6 is 0 Å². The van der Waals surface area contributed by atoms with E-state index in [4.69, 9.17) is 14.2 Å². The highest BCUT2D eigenvalue weighted by atomic mass is 19.2. The van der Waals surface area contributed by atoms with Crippen LogP contribution in [0.15, 0.2) is 91.5 Å². The first kappa shape index (κ1) is 27.8. The van der Waals surface area contributed by atoms with Crippen molar-refractivity contribution in [3.63, 3.8) is 0 Å². The van der Waals surface area contributed by atoms with Crippen molar-refractivity contribution in [2.45, 2.75) is 32.8 Å². The molecule has 0 radical (unpaired) electrons. The molecule has 0 amide bonds. The number of ether oxygens (including phenoxy) is 3. The summed E-state index contributed by atoms with van der Waals surface area (Å²) in [6.07, 6.45) is 4.39. The number of hydrogen-bond acceptors (Lipinski definition) is 3. The van der Waals surface area contributed by atoms with Crippen LogP contribution in [-0.4, -0.2) is 13.2 Å². The Kier molecular flexibility index (Phi) is 9.68. The van der Waals surface area contributed by atoms with Gasteiger partial charge in [-0.15, -0.1) is 6.58 Å². The van der Waals surface area contributed by atoms with E-state index in [1.807, 2.05) is 0 Å². The molecule has 0 aliphatic carbocycles. The van der Waals surface area contributed by atoms with Crippen LogP contribution in [0.25, 0.3) is 22.3 Å². The van der Waals surface area contributed by atoms with Crippen LogP contribution in [0.5, 0.6) is 17.2 Å². The second-order valence-corrected chi connectivity index (χ2v) is 9.01. The first-order chi connectivity index (χ1) is 19.0. The van der Waals surface area contributed by atoms with Crippen molar-refractivity contribution in [3.05, 3.63) is 115 Å². The summed E-state index contributed by atoms with van der Waals surface area (Å²) in [7, 11) is 0. The van der Waals surface area contributed by atoms with Gasteiger partial charge in [-0.25, -0.2) is 13.2 Å². The third-order valence-corrected chi connectivity index (χ3v) is 6.19. The maximum atomic E-state index is 15.1. The van der Waals surface area contributed by atoms with Crippen LogP contribution in [-0.2, 0) is 6.61 Å².